The second kappa shape index (κ2) is 48.2. The van der Waals surface area contributed by atoms with E-state index in [0.29, 0.717) is 25.9 Å². The molecule has 0 bridgehead atoms. The molecule has 1 amide bonds. The highest BCUT2D eigenvalue weighted by atomic mass is 16.5. The minimum atomic E-state index is -0.880. The number of aliphatic hydroxyl groups is 2. The topological polar surface area (TPSA) is 95.9 Å². The van der Waals surface area contributed by atoms with Crippen LogP contribution in [0.4, 0.5) is 0 Å². The molecule has 0 fully saturated rings. The molecule has 0 aliphatic carbocycles. The Hall–Kier alpha value is -2.44. The van der Waals surface area contributed by atoms with E-state index in [2.05, 4.69) is 61.7 Å². The minimum absolute atomic E-state index is 0.0344. The lowest BCUT2D eigenvalue weighted by molar-refractivity contribution is -0.143. The van der Waals surface area contributed by atoms with E-state index in [1.165, 1.54) is 141 Å². The van der Waals surface area contributed by atoms with Gasteiger partial charge in [-0.2, -0.15) is 0 Å². The number of aliphatic hydroxyl groups excluding tert-OH is 2. The summed E-state index contributed by atoms with van der Waals surface area (Å²) in [5.74, 6) is -0.185. The number of esters is 1. The predicted octanol–water partition coefficient (Wildman–Crippen LogP) is 14.8. The van der Waals surface area contributed by atoms with Crippen molar-refractivity contribution in [2.75, 3.05) is 13.2 Å². The van der Waals surface area contributed by atoms with Crippen LogP contribution in [0.15, 0.2) is 60.8 Å². The quantitative estimate of drug-likeness (QED) is 0.0323. The fourth-order valence-corrected chi connectivity index (χ4v) is 7.11. The van der Waals surface area contributed by atoms with Gasteiger partial charge in [-0.25, -0.2) is 0 Å². The summed E-state index contributed by atoms with van der Waals surface area (Å²) < 4.78 is 5.43. The zero-order chi connectivity index (χ0) is 43.0. The molecule has 0 spiro atoms. The van der Waals surface area contributed by atoms with Crippen LogP contribution in [-0.4, -0.2) is 47.4 Å². The van der Waals surface area contributed by atoms with Crippen molar-refractivity contribution in [3.8, 4) is 0 Å². The second-order valence-corrected chi connectivity index (χ2v) is 16.8. The minimum Gasteiger partial charge on any atom is -0.466 e. The lowest BCUT2D eigenvalue weighted by Crippen LogP contribution is -2.45. The Morgan fingerprint density at radius 3 is 1.37 bits per heavy atom. The number of allylic oxidation sites excluding steroid dienone is 9. The number of ether oxygens (including phenoxy) is 1. The highest BCUT2D eigenvalue weighted by Gasteiger charge is 2.17. The number of nitrogens with one attached hydrogen (secondary N) is 1. The summed E-state index contributed by atoms with van der Waals surface area (Å²) in [6.45, 7) is 4.77. The van der Waals surface area contributed by atoms with Crippen LogP contribution in [-0.2, 0) is 14.3 Å². The Morgan fingerprint density at radius 2 is 0.881 bits per heavy atom. The third kappa shape index (κ3) is 44.9. The summed E-state index contributed by atoms with van der Waals surface area (Å²) in [5.41, 5.74) is 0. The summed E-state index contributed by atoms with van der Waals surface area (Å²) in [6.07, 6.45) is 60.8. The molecule has 0 radical (unpaired) electrons. The molecule has 6 heteroatoms. The number of carbonyl (C=O) groups excluding carboxylic acids is 2. The maximum absolute atomic E-state index is 12.4. The van der Waals surface area contributed by atoms with Crippen LogP contribution in [0.1, 0.15) is 239 Å². The van der Waals surface area contributed by atoms with Gasteiger partial charge in [0.1, 0.15) is 0 Å². The Balaban J connectivity index is 3.62. The SMILES string of the molecule is CCCC/C=C\C/C=C\CCCCCCCC(=O)OCCCCCCCC/C=C\C/C=C\CCC(=O)NC(CO)C(O)/C=C/CCCCCCCCCCCCCCC. The number of hydrogen-bond donors (Lipinski definition) is 3. The van der Waals surface area contributed by atoms with Crippen LogP contribution in [0, 0.1) is 0 Å². The lowest BCUT2D eigenvalue weighted by atomic mass is 10.0. The molecule has 0 rings (SSSR count). The summed E-state index contributed by atoms with van der Waals surface area (Å²) in [5, 5.41) is 23.0. The first-order chi connectivity index (χ1) is 29.0. The van der Waals surface area contributed by atoms with Crippen LogP contribution in [0.25, 0.3) is 0 Å². The second-order valence-electron chi connectivity index (χ2n) is 16.8. The lowest BCUT2D eigenvalue weighted by Gasteiger charge is -2.19. The van der Waals surface area contributed by atoms with Crippen molar-refractivity contribution >= 4 is 11.9 Å². The highest BCUT2D eigenvalue weighted by Crippen LogP contribution is 2.14. The molecule has 0 aromatic carbocycles. The van der Waals surface area contributed by atoms with E-state index in [0.717, 1.165) is 64.2 Å². The summed E-state index contributed by atoms with van der Waals surface area (Å²) in [7, 11) is 0. The van der Waals surface area contributed by atoms with Crippen molar-refractivity contribution in [2.45, 2.75) is 251 Å². The van der Waals surface area contributed by atoms with E-state index >= 15 is 0 Å². The van der Waals surface area contributed by atoms with Crippen LogP contribution in [0.5, 0.6) is 0 Å². The molecule has 0 aromatic rings. The van der Waals surface area contributed by atoms with Crippen LogP contribution in [0.2, 0.25) is 0 Å². The van der Waals surface area contributed by atoms with Gasteiger partial charge >= 0.3 is 5.97 Å². The van der Waals surface area contributed by atoms with E-state index in [4.69, 9.17) is 4.74 Å². The van der Waals surface area contributed by atoms with Gasteiger partial charge in [-0.1, -0.05) is 209 Å². The van der Waals surface area contributed by atoms with Gasteiger partial charge < -0.3 is 20.3 Å². The molecule has 6 nitrogen and oxygen atoms in total. The molecule has 3 N–H and O–H groups in total. The Morgan fingerprint density at radius 1 is 0.475 bits per heavy atom. The van der Waals surface area contributed by atoms with Crippen LogP contribution in [0.3, 0.4) is 0 Å². The number of carbonyl (C=O) groups is 2. The third-order valence-electron chi connectivity index (χ3n) is 11.0. The summed E-state index contributed by atoms with van der Waals surface area (Å²) >= 11 is 0. The largest absolute Gasteiger partial charge is 0.466 e. The molecular formula is C53H95NO5. The maximum Gasteiger partial charge on any atom is 0.305 e. The first-order valence-corrected chi connectivity index (χ1v) is 25.1. The van der Waals surface area contributed by atoms with E-state index < -0.39 is 12.1 Å². The van der Waals surface area contributed by atoms with Crippen LogP contribution >= 0.6 is 0 Å². The van der Waals surface area contributed by atoms with E-state index in [1.54, 1.807) is 6.08 Å². The van der Waals surface area contributed by atoms with Gasteiger partial charge in [0, 0.05) is 12.8 Å². The maximum atomic E-state index is 12.4. The number of rotatable bonds is 45. The Kier molecular flexibility index (Phi) is 46.2. The standard InChI is InChI=1S/C53H95NO5/c1-3-5-7-9-11-13-15-17-19-21-25-29-33-37-41-45-51(56)50(49-55)54-52(57)46-42-38-34-30-26-22-20-24-28-32-36-40-44-48-59-53(58)47-43-39-35-31-27-23-18-16-14-12-10-8-6-4-2/h10,12,16,18,22,26,34,38,41,45,50-51,55-56H,3-9,11,13-15,17,19-21,23-25,27-33,35-37,39-40,42-44,46-49H2,1-2H3,(H,54,57)/b12-10-,18-16-,26-22-,38-34-,45-41+. The van der Waals surface area contributed by atoms with E-state index in [-0.39, 0.29) is 18.5 Å². The zero-order valence-electron chi connectivity index (χ0n) is 38.7. The fraction of sp³-hybridized carbons (Fsp3) is 0.774. The van der Waals surface area contributed by atoms with E-state index in [9.17, 15) is 19.8 Å². The van der Waals surface area contributed by atoms with Crippen molar-refractivity contribution in [3.63, 3.8) is 0 Å². The smallest absolute Gasteiger partial charge is 0.305 e. The van der Waals surface area contributed by atoms with Crippen molar-refractivity contribution in [1.29, 1.82) is 0 Å². The first-order valence-electron chi connectivity index (χ1n) is 25.1. The predicted molar refractivity (Wildman–Crippen MR) is 255 cm³/mol. The molecule has 2 unspecified atom stereocenters. The molecule has 0 aromatic heterocycles. The van der Waals surface area contributed by atoms with Gasteiger partial charge in [0.25, 0.3) is 0 Å². The summed E-state index contributed by atoms with van der Waals surface area (Å²) in [4.78, 5) is 24.4. The molecule has 0 saturated heterocycles. The fourth-order valence-electron chi connectivity index (χ4n) is 7.11. The normalized spacial score (nSPS) is 13.2. The number of amides is 1. The average Bonchev–Trinajstić information content (AvgIpc) is 3.24. The Labute approximate surface area is 365 Å². The molecule has 0 saturated carbocycles. The van der Waals surface area contributed by atoms with E-state index in [1.807, 2.05) is 12.2 Å². The zero-order valence-corrected chi connectivity index (χ0v) is 38.7. The van der Waals surface area contributed by atoms with Crippen molar-refractivity contribution in [2.24, 2.45) is 0 Å². The van der Waals surface area contributed by atoms with Crippen molar-refractivity contribution < 1.29 is 24.5 Å². The third-order valence-corrected chi connectivity index (χ3v) is 11.0. The molecule has 0 aliphatic rings. The summed E-state index contributed by atoms with van der Waals surface area (Å²) in [6, 6.07) is -0.673. The number of unbranched alkanes of at least 4 members (excludes halogenated alkanes) is 26. The number of hydrogen-bond acceptors (Lipinski definition) is 5. The van der Waals surface area contributed by atoms with Crippen LogP contribution < -0.4 is 5.32 Å². The van der Waals surface area contributed by atoms with Gasteiger partial charge in [0.2, 0.25) is 5.91 Å². The molecule has 342 valence electrons. The molecular weight excluding hydrogens is 731 g/mol. The molecule has 2 atom stereocenters. The van der Waals surface area contributed by atoms with Gasteiger partial charge in [-0.05, 0) is 77.0 Å². The van der Waals surface area contributed by atoms with Crippen molar-refractivity contribution in [3.05, 3.63) is 60.8 Å². The monoisotopic (exact) mass is 826 g/mol. The molecule has 0 heterocycles. The molecule has 0 aliphatic heterocycles. The van der Waals surface area contributed by atoms with Gasteiger partial charge in [-0.3, -0.25) is 9.59 Å². The van der Waals surface area contributed by atoms with Gasteiger partial charge in [0.05, 0.1) is 25.4 Å². The first kappa shape index (κ1) is 56.6. The molecule has 59 heavy (non-hydrogen) atoms. The highest BCUT2D eigenvalue weighted by molar-refractivity contribution is 5.76. The average molecular weight is 826 g/mol. The van der Waals surface area contributed by atoms with Gasteiger partial charge in [0.15, 0.2) is 0 Å². The Bertz CT molecular complexity index is 1050. The van der Waals surface area contributed by atoms with Crippen molar-refractivity contribution in [1.82, 2.24) is 5.32 Å². The van der Waals surface area contributed by atoms with Gasteiger partial charge in [-0.15, -0.1) is 0 Å².